The molecule has 1 amide bonds. The predicted octanol–water partition coefficient (Wildman–Crippen LogP) is 4.96. The van der Waals surface area contributed by atoms with Gasteiger partial charge in [0.15, 0.2) is 0 Å². The molecule has 126 valence electrons. The highest BCUT2D eigenvalue weighted by atomic mass is 16.1. The Bertz CT molecular complexity index is 812. The number of amides is 1. The van der Waals surface area contributed by atoms with Crippen LogP contribution < -0.4 is 5.32 Å². The van der Waals surface area contributed by atoms with Gasteiger partial charge in [-0.15, -0.1) is 0 Å². The zero-order valence-corrected chi connectivity index (χ0v) is 14.5. The maximum atomic E-state index is 12.7. The van der Waals surface area contributed by atoms with E-state index in [9.17, 15) is 4.79 Å². The average molecular weight is 329 g/mol. The second-order valence-corrected chi connectivity index (χ2v) is 6.25. The molecule has 0 radical (unpaired) electrons. The van der Waals surface area contributed by atoms with Crippen molar-refractivity contribution in [3.63, 3.8) is 0 Å². The van der Waals surface area contributed by atoms with Crippen LogP contribution in [0.2, 0.25) is 0 Å². The van der Waals surface area contributed by atoms with Crippen LogP contribution in [0, 0.1) is 0 Å². The van der Waals surface area contributed by atoms with E-state index in [1.165, 1.54) is 5.56 Å². The Balaban J connectivity index is 1.70. The Labute approximate surface area is 149 Å². The van der Waals surface area contributed by atoms with Crippen molar-refractivity contribution in [2.75, 3.05) is 0 Å². The van der Waals surface area contributed by atoms with E-state index < -0.39 is 0 Å². The summed E-state index contributed by atoms with van der Waals surface area (Å²) in [5.41, 5.74) is 4.25. The molecule has 1 N–H and O–H groups in total. The summed E-state index contributed by atoms with van der Waals surface area (Å²) in [5, 5.41) is 3.11. The van der Waals surface area contributed by atoms with Gasteiger partial charge in [-0.2, -0.15) is 0 Å². The molecule has 0 unspecified atom stereocenters. The fourth-order valence-corrected chi connectivity index (χ4v) is 2.98. The summed E-state index contributed by atoms with van der Waals surface area (Å²) >= 11 is 0. The van der Waals surface area contributed by atoms with Crippen LogP contribution >= 0.6 is 0 Å². The minimum atomic E-state index is -0.0177. The Morgan fingerprint density at radius 2 is 1.40 bits per heavy atom. The molecule has 2 nitrogen and oxygen atoms in total. The first-order chi connectivity index (χ1) is 12.2. The molecule has 3 aromatic rings. The summed E-state index contributed by atoms with van der Waals surface area (Å²) in [6.07, 6.45) is 1.78. The number of nitrogens with one attached hydrogen (secondary N) is 1. The Kier molecular flexibility index (Phi) is 5.63. The number of benzene rings is 3. The third-order valence-electron chi connectivity index (χ3n) is 4.44. The quantitative estimate of drug-likeness (QED) is 0.680. The Morgan fingerprint density at radius 3 is 2.12 bits per heavy atom. The van der Waals surface area contributed by atoms with Gasteiger partial charge in [0.1, 0.15) is 0 Å². The van der Waals surface area contributed by atoms with E-state index in [0.29, 0.717) is 0 Å². The van der Waals surface area contributed by atoms with Crippen molar-refractivity contribution in [1.82, 2.24) is 5.32 Å². The second kappa shape index (κ2) is 8.29. The van der Waals surface area contributed by atoms with Crippen LogP contribution in [0.1, 0.15) is 40.0 Å². The van der Waals surface area contributed by atoms with E-state index >= 15 is 0 Å². The Morgan fingerprint density at radius 1 is 0.800 bits per heavy atom. The first-order valence-corrected chi connectivity index (χ1v) is 8.71. The number of rotatable bonds is 6. The number of carbonyl (C=O) groups excluding carboxylic acids is 1. The van der Waals surface area contributed by atoms with Crippen LogP contribution in [0.4, 0.5) is 0 Å². The van der Waals surface area contributed by atoms with E-state index in [4.69, 9.17) is 0 Å². The van der Waals surface area contributed by atoms with Crippen molar-refractivity contribution in [1.29, 1.82) is 0 Å². The van der Waals surface area contributed by atoms with E-state index in [1.54, 1.807) is 0 Å². The molecule has 0 aliphatic carbocycles. The summed E-state index contributed by atoms with van der Waals surface area (Å²) in [6, 6.07) is 28.3. The average Bonchev–Trinajstić information content (AvgIpc) is 2.68. The van der Waals surface area contributed by atoms with Gasteiger partial charge in [-0.25, -0.2) is 0 Å². The fraction of sp³-hybridized carbons (Fsp3) is 0.174. The van der Waals surface area contributed by atoms with Gasteiger partial charge >= 0.3 is 0 Å². The van der Waals surface area contributed by atoms with Crippen molar-refractivity contribution in [3.8, 4) is 0 Å². The van der Waals surface area contributed by atoms with Crippen LogP contribution in [0.3, 0.4) is 0 Å². The van der Waals surface area contributed by atoms with Crippen LogP contribution in [-0.4, -0.2) is 5.91 Å². The maximum absolute atomic E-state index is 12.7. The summed E-state index contributed by atoms with van der Waals surface area (Å²) in [6.45, 7) is 2.01. The molecule has 2 heteroatoms. The molecular weight excluding hydrogens is 306 g/mol. The molecule has 0 saturated carbocycles. The standard InChI is InChI=1S/C23H23NO/c1-18(20-12-6-3-7-13-20)24-23(25)22-15-9-8-14-21(22)17-16-19-10-4-2-5-11-19/h2-15,18H,16-17H2,1H3,(H,24,25)/t18-/m1/s1. The van der Waals surface area contributed by atoms with Crippen molar-refractivity contribution in [2.45, 2.75) is 25.8 Å². The van der Waals surface area contributed by atoms with Gasteiger partial charge in [0.25, 0.3) is 5.91 Å². The highest BCUT2D eigenvalue weighted by molar-refractivity contribution is 5.95. The number of carbonyl (C=O) groups is 1. The van der Waals surface area contributed by atoms with Crippen LogP contribution in [0.5, 0.6) is 0 Å². The highest BCUT2D eigenvalue weighted by Crippen LogP contribution is 2.16. The lowest BCUT2D eigenvalue weighted by Gasteiger charge is -2.16. The van der Waals surface area contributed by atoms with Gasteiger partial charge in [-0.1, -0.05) is 78.9 Å². The molecule has 0 fully saturated rings. The minimum absolute atomic E-state index is 0.0139. The molecule has 0 spiro atoms. The number of aryl methyl sites for hydroxylation is 2. The first kappa shape index (κ1) is 17.0. The smallest absolute Gasteiger partial charge is 0.252 e. The summed E-state index contributed by atoms with van der Waals surface area (Å²) < 4.78 is 0. The van der Waals surface area contributed by atoms with Gasteiger partial charge in [0.2, 0.25) is 0 Å². The maximum Gasteiger partial charge on any atom is 0.252 e. The van der Waals surface area contributed by atoms with Gasteiger partial charge in [0, 0.05) is 5.56 Å². The van der Waals surface area contributed by atoms with Crippen molar-refractivity contribution >= 4 is 5.91 Å². The largest absolute Gasteiger partial charge is 0.346 e. The fourth-order valence-electron chi connectivity index (χ4n) is 2.98. The van der Waals surface area contributed by atoms with Crippen LogP contribution in [0.25, 0.3) is 0 Å². The van der Waals surface area contributed by atoms with Crippen molar-refractivity contribution < 1.29 is 4.79 Å². The zero-order chi connectivity index (χ0) is 17.5. The minimum Gasteiger partial charge on any atom is -0.346 e. The van der Waals surface area contributed by atoms with Crippen LogP contribution in [0.15, 0.2) is 84.9 Å². The molecule has 0 bridgehead atoms. The molecule has 0 heterocycles. The van der Waals surface area contributed by atoms with Crippen molar-refractivity contribution in [3.05, 3.63) is 107 Å². The van der Waals surface area contributed by atoms with Gasteiger partial charge in [0.05, 0.1) is 6.04 Å². The lowest BCUT2D eigenvalue weighted by atomic mass is 9.99. The second-order valence-electron chi connectivity index (χ2n) is 6.25. The molecule has 0 aliphatic heterocycles. The molecule has 3 aromatic carbocycles. The van der Waals surface area contributed by atoms with E-state index in [-0.39, 0.29) is 11.9 Å². The topological polar surface area (TPSA) is 29.1 Å². The molecule has 0 aromatic heterocycles. The van der Waals surface area contributed by atoms with Gasteiger partial charge < -0.3 is 5.32 Å². The summed E-state index contributed by atoms with van der Waals surface area (Å²) in [5.74, 6) is -0.0139. The van der Waals surface area contributed by atoms with E-state index in [1.807, 2.05) is 67.6 Å². The van der Waals surface area contributed by atoms with Gasteiger partial charge in [-0.3, -0.25) is 4.79 Å². The molecule has 3 rings (SSSR count). The molecule has 0 aliphatic rings. The summed E-state index contributed by atoms with van der Waals surface area (Å²) in [4.78, 5) is 12.7. The third kappa shape index (κ3) is 4.57. The lowest BCUT2D eigenvalue weighted by Crippen LogP contribution is -2.27. The number of hydrogen-bond donors (Lipinski definition) is 1. The molecular formula is C23H23NO. The molecule has 0 saturated heterocycles. The third-order valence-corrected chi connectivity index (χ3v) is 4.44. The van der Waals surface area contributed by atoms with E-state index in [2.05, 4.69) is 29.6 Å². The monoisotopic (exact) mass is 329 g/mol. The van der Waals surface area contributed by atoms with Crippen molar-refractivity contribution in [2.24, 2.45) is 0 Å². The van der Waals surface area contributed by atoms with Gasteiger partial charge in [-0.05, 0) is 42.5 Å². The predicted molar refractivity (Wildman–Crippen MR) is 103 cm³/mol. The van der Waals surface area contributed by atoms with E-state index in [0.717, 1.165) is 29.5 Å². The molecule has 1 atom stereocenters. The lowest BCUT2D eigenvalue weighted by molar-refractivity contribution is 0.0939. The zero-order valence-electron chi connectivity index (χ0n) is 14.5. The highest BCUT2D eigenvalue weighted by Gasteiger charge is 2.14. The normalized spacial score (nSPS) is 11.7. The van der Waals surface area contributed by atoms with Crippen LogP contribution in [-0.2, 0) is 12.8 Å². The number of hydrogen-bond acceptors (Lipinski definition) is 1. The SMILES string of the molecule is C[C@@H](NC(=O)c1ccccc1CCc1ccccc1)c1ccccc1. The Hall–Kier alpha value is -2.87. The molecule has 25 heavy (non-hydrogen) atoms. The summed E-state index contributed by atoms with van der Waals surface area (Å²) in [7, 11) is 0. The first-order valence-electron chi connectivity index (χ1n) is 8.71.